The summed E-state index contributed by atoms with van der Waals surface area (Å²) >= 11 is 0. The molecule has 3 nitrogen and oxygen atoms in total. The van der Waals surface area contributed by atoms with Crippen molar-refractivity contribution in [2.45, 2.75) is 19.9 Å². The van der Waals surface area contributed by atoms with Gasteiger partial charge in [0.05, 0.1) is 5.56 Å². The minimum atomic E-state index is -0.434. The Hall–Kier alpha value is -1.42. The second-order valence-electron chi connectivity index (χ2n) is 5.70. The Labute approximate surface area is 114 Å². The predicted molar refractivity (Wildman–Crippen MR) is 73.7 cm³/mol. The number of benzene rings is 1. The Morgan fingerprint density at radius 2 is 2.05 bits per heavy atom. The molecule has 1 heterocycles. The molecule has 0 radical (unpaired) electrons. The second-order valence-corrected chi connectivity index (χ2v) is 5.70. The van der Waals surface area contributed by atoms with Crippen molar-refractivity contribution in [1.82, 2.24) is 9.80 Å². The van der Waals surface area contributed by atoms with Crippen molar-refractivity contribution in [3.8, 4) is 0 Å². The molecule has 2 atom stereocenters. The summed E-state index contributed by atoms with van der Waals surface area (Å²) < 4.78 is 13.8. The molecular weight excluding hydrogens is 243 g/mol. The second kappa shape index (κ2) is 5.29. The highest BCUT2D eigenvalue weighted by Gasteiger charge is 2.34. The molecule has 1 fully saturated rings. The molecule has 19 heavy (non-hydrogen) atoms. The van der Waals surface area contributed by atoms with Crippen molar-refractivity contribution in [3.63, 3.8) is 0 Å². The lowest BCUT2D eigenvalue weighted by molar-refractivity contribution is 0.0776. The van der Waals surface area contributed by atoms with Gasteiger partial charge in [-0.1, -0.05) is 18.6 Å². The van der Waals surface area contributed by atoms with Gasteiger partial charge in [0.25, 0.3) is 5.91 Å². The van der Waals surface area contributed by atoms with Crippen LogP contribution in [0.5, 0.6) is 0 Å². The van der Waals surface area contributed by atoms with Crippen LogP contribution in [-0.2, 0) is 0 Å². The molecule has 2 rings (SSSR count). The summed E-state index contributed by atoms with van der Waals surface area (Å²) in [5.41, 5.74) is 1.09. The van der Waals surface area contributed by atoms with Crippen molar-refractivity contribution < 1.29 is 9.18 Å². The lowest BCUT2D eigenvalue weighted by Gasteiger charge is -2.22. The summed E-state index contributed by atoms with van der Waals surface area (Å²) in [6, 6.07) is 5.02. The van der Waals surface area contributed by atoms with Gasteiger partial charge in [-0.15, -0.1) is 0 Å². The molecular formula is C15H21FN2O. The third kappa shape index (κ3) is 2.78. The zero-order valence-electron chi connectivity index (χ0n) is 12.0. The first-order valence-corrected chi connectivity index (χ1v) is 6.62. The predicted octanol–water partition coefficient (Wildman–Crippen LogP) is 2.16. The highest BCUT2D eigenvalue weighted by molar-refractivity contribution is 5.95. The molecule has 104 valence electrons. The number of halogens is 1. The van der Waals surface area contributed by atoms with Crippen LogP contribution in [0.2, 0.25) is 0 Å². The Balaban J connectivity index is 2.19. The van der Waals surface area contributed by atoms with Gasteiger partial charge in [-0.2, -0.15) is 0 Å². The lowest BCUT2D eigenvalue weighted by atomic mass is 10.1. The van der Waals surface area contributed by atoms with Gasteiger partial charge in [-0.3, -0.25) is 4.79 Å². The molecule has 2 unspecified atom stereocenters. The monoisotopic (exact) mass is 264 g/mol. The van der Waals surface area contributed by atoms with Crippen LogP contribution in [0.1, 0.15) is 22.8 Å². The summed E-state index contributed by atoms with van der Waals surface area (Å²) in [6.07, 6.45) is 0. The fraction of sp³-hybridized carbons (Fsp3) is 0.533. The van der Waals surface area contributed by atoms with E-state index in [1.807, 2.05) is 21.0 Å². The summed E-state index contributed by atoms with van der Waals surface area (Å²) in [5.74, 6) is -0.222. The minimum Gasteiger partial charge on any atom is -0.337 e. The number of hydrogen-bond donors (Lipinski definition) is 0. The lowest BCUT2D eigenvalue weighted by Crippen LogP contribution is -2.36. The van der Waals surface area contributed by atoms with E-state index >= 15 is 0 Å². The van der Waals surface area contributed by atoms with E-state index in [0.29, 0.717) is 25.0 Å². The van der Waals surface area contributed by atoms with Crippen LogP contribution in [0.15, 0.2) is 18.2 Å². The van der Waals surface area contributed by atoms with E-state index in [9.17, 15) is 9.18 Å². The zero-order valence-corrected chi connectivity index (χ0v) is 12.0. The van der Waals surface area contributed by atoms with Crippen molar-refractivity contribution in [2.75, 3.05) is 27.2 Å². The van der Waals surface area contributed by atoms with Gasteiger partial charge in [0.1, 0.15) is 5.82 Å². The minimum absolute atomic E-state index is 0.187. The third-order valence-corrected chi connectivity index (χ3v) is 3.88. The molecule has 0 aliphatic carbocycles. The number of carbonyl (C=O) groups is 1. The number of nitrogens with zero attached hydrogens (tertiary/aromatic N) is 2. The SMILES string of the molecule is Cc1ccc(F)c(C(=O)N2CC(C)C(N(C)C)C2)c1. The van der Waals surface area contributed by atoms with Crippen LogP contribution >= 0.6 is 0 Å². The zero-order chi connectivity index (χ0) is 14.2. The molecule has 1 aromatic carbocycles. The quantitative estimate of drug-likeness (QED) is 0.817. The average molecular weight is 264 g/mol. The Kier molecular flexibility index (Phi) is 3.90. The molecule has 0 bridgehead atoms. The molecule has 4 heteroatoms. The molecule has 0 aromatic heterocycles. The van der Waals surface area contributed by atoms with Gasteiger partial charge in [0.15, 0.2) is 0 Å². The Bertz CT molecular complexity index is 487. The standard InChI is InChI=1S/C15H21FN2O/c1-10-5-6-13(16)12(7-10)15(19)18-8-11(2)14(9-18)17(3)4/h5-7,11,14H,8-9H2,1-4H3. The van der Waals surface area contributed by atoms with E-state index in [1.54, 1.807) is 17.0 Å². The van der Waals surface area contributed by atoms with Crippen LogP contribution in [0.4, 0.5) is 4.39 Å². The van der Waals surface area contributed by atoms with Crippen LogP contribution in [0, 0.1) is 18.7 Å². The molecule has 0 N–H and O–H groups in total. The summed E-state index contributed by atoms with van der Waals surface area (Å²) in [5, 5.41) is 0. The van der Waals surface area contributed by atoms with Gasteiger partial charge in [-0.25, -0.2) is 4.39 Å². The fourth-order valence-electron chi connectivity index (χ4n) is 2.76. The Morgan fingerprint density at radius 1 is 1.37 bits per heavy atom. The van der Waals surface area contributed by atoms with E-state index in [-0.39, 0.29) is 11.5 Å². The molecule has 1 aliphatic heterocycles. The smallest absolute Gasteiger partial charge is 0.256 e. The highest BCUT2D eigenvalue weighted by Crippen LogP contribution is 2.23. The van der Waals surface area contributed by atoms with Gasteiger partial charge in [-0.05, 0) is 39.1 Å². The maximum Gasteiger partial charge on any atom is 0.256 e. The summed E-state index contributed by atoms with van der Waals surface area (Å²) in [4.78, 5) is 16.3. The van der Waals surface area contributed by atoms with Gasteiger partial charge >= 0.3 is 0 Å². The first-order valence-electron chi connectivity index (χ1n) is 6.62. The molecule has 1 aliphatic rings. The molecule has 1 aromatic rings. The van der Waals surface area contributed by atoms with Crippen LogP contribution in [0.25, 0.3) is 0 Å². The van der Waals surface area contributed by atoms with Crippen LogP contribution in [0.3, 0.4) is 0 Å². The van der Waals surface area contributed by atoms with E-state index in [2.05, 4.69) is 11.8 Å². The van der Waals surface area contributed by atoms with Crippen LogP contribution in [-0.4, -0.2) is 48.9 Å². The number of aryl methyl sites for hydroxylation is 1. The largest absolute Gasteiger partial charge is 0.337 e. The van der Waals surface area contributed by atoms with E-state index < -0.39 is 5.82 Å². The van der Waals surface area contributed by atoms with Crippen molar-refractivity contribution in [1.29, 1.82) is 0 Å². The topological polar surface area (TPSA) is 23.6 Å². The molecule has 0 saturated carbocycles. The first-order chi connectivity index (χ1) is 8.90. The number of amides is 1. The third-order valence-electron chi connectivity index (χ3n) is 3.88. The van der Waals surface area contributed by atoms with Crippen molar-refractivity contribution >= 4 is 5.91 Å². The van der Waals surface area contributed by atoms with E-state index in [0.717, 1.165) is 5.56 Å². The number of rotatable bonds is 2. The Morgan fingerprint density at radius 3 is 2.63 bits per heavy atom. The average Bonchev–Trinajstić information content (AvgIpc) is 2.74. The normalized spacial score (nSPS) is 23.2. The summed E-state index contributed by atoms with van der Waals surface area (Å²) in [7, 11) is 4.03. The van der Waals surface area contributed by atoms with Gasteiger partial charge < -0.3 is 9.80 Å². The number of likely N-dealkylation sites (tertiary alicyclic amines) is 1. The molecule has 0 spiro atoms. The van der Waals surface area contributed by atoms with Gasteiger partial charge in [0.2, 0.25) is 0 Å². The van der Waals surface area contributed by atoms with E-state index in [4.69, 9.17) is 0 Å². The fourth-order valence-corrected chi connectivity index (χ4v) is 2.76. The van der Waals surface area contributed by atoms with E-state index in [1.165, 1.54) is 6.07 Å². The van der Waals surface area contributed by atoms with Gasteiger partial charge in [0, 0.05) is 19.1 Å². The van der Waals surface area contributed by atoms with Crippen molar-refractivity contribution in [2.24, 2.45) is 5.92 Å². The van der Waals surface area contributed by atoms with Crippen LogP contribution < -0.4 is 0 Å². The number of likely N-dealkylation sites (N-methyl/N-ethyl adjacent to an activating group) is 1. The maximum absolute atomic E-state index is 13.8. The number of carbonyl (C=O) groups excluding carboxylic acids is 1. The number of hydrogen-bond acceptors (Lipinski definition) is 2. The van der Waals surface area contributed by atoms with Crippen molar-refractivity contribution in [3.05, 3.63) is 35.1 Å². The molecule has 1 saturated heterocycles. The first kappa shape index (κ1) is 14.0. The summed E-state index contributed by atoms with van der Waals surface area (Å²) in [6.45, 7) is 5.35. The molecule has 1 amide bonds. The maximum atomic E-state index is 13.8. The highest BCUT2D eigenvalue weighted by atomic mass is 19.1.